The van der Waals surface area contributed by atoms with Gasteiger partial charge >= 0.3 is 0 Å². The van der Waals surface area contributed by atoms with Gasteiger partial charge in [0.05, 0.1) is 12.6 Å². The molecule has 0 saturated carbocycles. The zero-order chi connectivity index (χ0) is 11.3. The van der Waals surface area contributed by atoms with Gasteiger partial charge in [-0.3, -0.25) is 4.90 Å². The fourth-order valence-electron chi connectivity index (χ4n) is 1.37. The van der Waals surface area contributed by atoms with Crippen molar-refractivity contribution < 1.29 is 0 Å². The molecule has 0 aliphatic rings. The van der Waals surface area contributed by atoms with Crippen molar-refractivity contribution in [1.29, 1.82) is 5.26 Å². The summed E-state index contributed by atoms with van der Waals surface area (Å²) in [7, 11) is 0. The maximum Gasteiger partial charge on any atom is 0.0871 e. The number of nitrogen functional groups attached to an aromatic ring is 1. The predicted molar refractivity (Wildman–Crippen MR) is 62.0 cm³/mol. The molecule has 1 aromatic carbocycles. The van der Waals surface area contributed by atoms with Gasteiger partial charge in [-0.25, -0.2) is 0 Å². The normalized spacial score (nSPS) is 10.6. The Morgan fingerprint density at radius 2 is 1.93 bits per heavy atom. The number of hydrogen-bond acceptors (Lipinski definition) is 3. The van der Waals surface area contributed by atoms with Crippen molar-refractivity contribution in [3.63, 3.8) is 0 Å². The summed E-state index contributed by atoms with van der Waals surface area (Å²) in [6.07, 6.45) is 0. The average molecular weight is 203 g/mol. The first-order chi connectivity index (χ1) is 7.13. The SMILES string of the molecule is CC(C)N(CC#N)Cc1ccc(N)cc1. The molecule has 0 radical (unpaired) electrons. The number of benzene rings is 1. The van der Waals surface area contributed by atoms with E-state index in [1.807, 2.05) is 24.3 Å². The van der Waals surface area contributed by atoms with Crippen molar-refractivity contribution >= 4 is 5.69 Å². The van der Waals surface area contributed by atoms with E-state index in [1.165, 1.54) is 5.56 Å². The van der Waals surface area contributed by atoms with Crippen LogP contribution in [0.3, 0.4) is 0 Å². The zero-order valence-corrected chi connectivity index (χ0v) is 9.27. The minimum Gasteiger partial charge on any atom is -0.399 e. The van der Waals surface area contributed by atoms with E-state index in [2.05, 4.69) is 24.8 Å². The van der Waals surface area contributed by atoms with E-state index in [0.29, 0.717) is 12.6 Å². The maximum absolute atomic E-state index is 8.70. The molecule has 0 saturated heterocycles. The molecule has 3 heteroatoms. The topological polar surface area (TPSA) is 53.0 Å². The fraction of sp³-hybridized carbons (Fsp3) is 0.417. The molecule has 1 aromatic rings. The van der Waals surface area contributed by atoms with E-state index in [9.17, 15) is 0 Å². The second-order valence-corrected chi connectivity index (χ2v) is 3.90. The Morgan fingerprint density at radius 1 is 1.33 bits per heavy atom. The molecular weight excluding hydrogens is 186 g/mol. The van der Waals surface area contributed by atoms with Crippen molar-refractivity contribution in [2.24, 2.45) is 0 Å². The Kier molecular flexibility index (Phi) is 4.14. The highest BCUT2D eigenvalue weighted by molar-refractivity contribution is 5.39. The summed E-state index contributed by atoms with van der Waals surface area (Å²) in [4.78, 5) is 2.12. The number of nitrogens with zero attached hydrogens (tertiary/aromatic N) is 2. The minimum absolute atomic E-state index is 0.377. The Morgan fingerprint density at radius 3 is 2.40 bits per heavy atom. The largest absolute Gasteiger partial charge is 0.399 e. The first-order valence-electron chi connectivity index (χ1n) is 5.09. The molecule has 80 valence electrons. The quantitative estimate of drug-likeness (QED) is 0.601. The van der Waals surface area contributed by atoms with Crippen molar-refractivity contribution in [2.45, 2.75) is 26.4 Å². The fourth-order valence-corrected chi connectivity index (χ4v) is 1.37. The van der Waals surface area contributed by atoms with Gasteiger partial charge in [0.1, 0.15) is 0 Å². The lowest BCUT2D eigenvalue weighted by molar-refractivity contribution is 0.240. The van der Waals surface area contributed by atoms with Crippen LogP contribution in [0.5, 0.6) is 0 Å². The van der Waals surface area contributed by atoms with Gasteiger partial charge in [0, 0.05) is 18.3 Å². The lowest BCUT2D eigenvalue weighted by Crippen LogP contribution is -2.30. The Balaban J connectivity index is 2.66. The van der Waals surface area contributed by atoms with E-state index >= 15 is 0 Å². The highest BCUT2D eigenvalue weighted by Gasteiger charge is 2.08. The van der Waals surface area contributed by atoms with Crippen LogP contribution in [0.4, 0.5) is 5.69 Å². The molecular formula is C12H17N3. The van der Waals surface area contributed by atoms with Crippen LogP contribution >= 0.6 is 0 Å². The zero-order valence-electron chi connectivity index (χ0n) is 9.27. The molecule has 0 heterocycles. The van der Waals surface area contributed by atoms with Gasteiger partial charge < -0.3 is 5.73 Å². The van der Waals surface area contributed by atoms with Gasteiger partial charge in [0.15, 0.2) is 0 Å². The predicted octanol–water partition coefficient (Wildman–Crippen LogP) is 2.00. The summed E-state index contributed by atoms with van der Waals surface area (Å²) in [6.45, 7) is 5.44. The van der Waals surface area contributed by atoms with Gasteiger partial charge in [0.2, 0.25) is 0 Å². The van der Waals surface area contributed by atoms with Crippen LogP contribution in [0.2, 0.25) is 0 Å². The van der Waals surface area contributed by atoms with Crippen LogP contribution in [0.15, 0.2) is 24.3 Å². The molecule has 0 aromatic heterocycles. The van der Waals surface area contributed by atoms with Crippen LogP contribution in [-0.4, -0.2) is 17.5 Å². The lowest BCUT2D eigenvalue weighted by Gasteiger charge is -2.23. The van der Waals surface area contributed by atoms with Crippen LogP contribution in [0.1, 0.15) is 19.4 Å². The molecule has 0 unspecified atom stereocenters. The maximum atomic E-state index is 8.70. The highest BCUT2D eigenvalue weighted by atomic mass is 15.1. The first kappa shape index (κ1) is 11.5. The Bertz CT molecular complexity index is 335. The van der Waals surface area contributed by atoms with Crippen molar-refractivity contribution in [2.75, 3.05) is 12.3 Å². The van der Waals surface area contributed by atoms with E-state index in [0.717, 1.165) is 12.2 Å². The van der Waals surface area contributed by atoms with Crippen LogP contribution < -0.4 is 5.73 Å². The standard InChI is InChI=1S/C12H17N3/c1-10(2)15(8-7-13)9-11-3-5-12(14)6-4-11/h3-6,10H,8-9,14H2,1-2H3. The summed E-state index contributed by atoms with van der Waals surface area (Å²) in [5, 5.41) is 8.70. The second kappa shape index (κ2) is 5.38. The third-order valence-electron chi connectivity index (χ3n) is 2.37. The molecule has 0 bridgehead atoms. The summed E-state index contributed by atoms with van der Waals surface area (Å²) in [5.41, 5.74) is 7.57. The van der Waals surface area contributed by atoms with E-state index < -0.39 is 0 Å². The number of nitrogens with two attached hydrogens (primary N) is 1. The third-order valence-corrected chi connectivity index (χ3v) is 2.37. The summed E-state index contributed by atoms with van der Waals surface area (Å²) < 4.78 is 0. The van der Waals surface area contributed by atoms with Gasteiger partial charge in [0.25, 0.3) is 0 Å². The molecule has 0 spiro atoms. The average Bonchev–Trinajstić information content (AvgIpc) is 2.20. The van der Waals surface area contributed by atoms with E-state index in [4.69, 9.17) is 11.0 Å². The summed E-state index contributed by atoms with van der Waals surface area (Å²) in [5.74, 6) is 0. The van der Waals surface area contributed by atoms with E-state index in [-0.39, 0.29) is 0 Å². The first-order valence-corrected chi connectivity index (χ1v) is 5.09. The lowest BCUT2D eigenvalue weighted by atomic mass is 10.2. The molecule has 0 aliphatic heterocycles. The highest BCUT2D eigenvalue weighted by Crippen LogP contribution is 2.10. The van der Waals surface area contributed by atoms with Crippen LogP contribution in [-0.2, 0) is 6.54 Å². The van der Waals surface area contributed by atoms with Gasteiger partial charge in [-0.1, -0.05) is 12.1 Å². The van der Waals surface area contributed by atoms with Gasteiger partial charge in [-0.05, 0) is 31.5 Å². The molecule has 3 nitrogen and oxygen atoms in total. The molecule has 15 heavy (non-hydrogen) atoms. The van der Waals surface area contributed by atoms with Gasteiger partial charge in [-0.2, -0.15) is 5.26 Å². The summed E-state index contributed by atoms with van der Waals surface area (Å²) in [6, 6.07) is 10.3. The minimum atomic E-state index is 0.377. The number of nitriles is 1. The molecule has 0 aliphatic carbocycles. The van der Waals surface area contributed by atoms with Crippen molar-refractivity contribution in [3.8, 4) is 6.07 Å². The van der Waals surface area contributed by atoms with E-state index in [1.54, 1.807) is 0 Å². The number of anilines is 1. The Hall–Kier alpha value is -1.53. The van der Waals surface area contributed by atoms with Crippen LogP contribution in [0.25, 0.3) is 0 Å². The monoisotopic (exact) mass is 203 g/mol. The Labute approximate surface area is 91.1 Å². The molecule has 1 rings (SSSR count). The summed E-state index contributed by atoms with van der Waals surface area (Å²) >= 11 is 0. The molecule has 2 N–H and O–H groups in total. The van der Waals surface area contributed by atoms with Gasteiger partial charge in [-0.15, -0.1) is 0 Å². The van der Waals surface area contributed by atoms with Crippen molar-refractivity contribution in [1.82, 2.24) is 4.90 Å². The number of hydrogen-bond donors (Lipinski definition) is 1. The second-order valence-electron chi connectivity index (χ2n) is 3.90. The number of rotatable bonds is 4. The molecule has 0 amide bonds. The van der Waals surface area contributed by atoms with Crippen molar-refractivity contribution in [3.05, 3.63) is 29.8 Å². The molecule has 0 fully saturated rings. The molecule has 0 atom stereocenters. The smallest absolute Gasteiger partial charge is 0.0871 e. The third kappa shape index (κ3) is 3.61. The van der Waals surface area contributed by atoms with Crippen LogP contribution in [0, 0.1) is 11.3 Å².